The molecule has 0 heterocycles. The van der Waals surface area contributed by atoms with Gasteiger partial charge in [-0.1, -0.05) is 231 Å². The molecule has 312 valence electrons. The van der Waals surface area contributed by atoms with Gasteiger partial charge in [-0.3, -0.25) is 0 Å². The minimum absolute atomic E-state index is 0.623. The first kappa shape index (κ1) is 38.8. The van der Waals surface area contributed by atoms with Crippen molar-refractivity contribution in [1.29, 1.82) is 0 Å². The van der Waals surface area contributed by atoms with Gasteiger partial charge in [0.1, 0.15) is 0 Å². The Morgan fingerprint density at radius 1 is 0.209 bits per heavy atom. The second kappa shape index (κ2) is 15.8. The molecule has 12 aromatic carbocycles. The second-order valence-electron chi connectivity index (χ2n) is 17.9. The predicted octanol–water partition coefficient (Wildman–Crippen LogP) is 17.8. The van der Waals surface area contributed by atoms with Crippen LogP contribution in [0.5, 0.6) is 0 Å². The van der Waals surface area contributed by atoms with Gasteiger partial charge in [-0.15, -0.1) is 0 Å². The molecule has 0 spiro atoms. The van der Waals surface area contributed by atoms with E-state index in [1.807, 2.05) is 0 Å². The third-order valence-electron chi connectivity index (χ3n) is 14.3. The molecule has 12 aromatic rings. The molecule has 0 nitrogen and oxygen atoms in total. The largest absolute Gasteiger partial charge is 0.0714 e. The summed E-state index contributed by atoms with van der Waals surface area (Å²) >= 11 is 0. The minimum atomic E-state index is -0.623. The van der Waals surface area contributed by atoms with Gasteiger partial charge in [0.25, 0.3) is 0 Å². The predicted molar refractivity (Wildman–Crippen MR) is 283 cm³/mol. The fraction of sp³-hybridized carbons (Fsp3) is 0.0149. The number of benzene rings is 12. The molecule has 0 aliphatic heterocycles. The zero-order valence-corrected chi connectivity index (χ0v) is 36.9. The third-order valence-corrected chi connectivity index (χ3v) is 14.3. The smallest absolute Gasteiger partial charge is 0.0622 e. The summed E-state index contributed by atoms with van der Waals surface area (Å²) in [4.78, 5) is 0. The van der Waals surface area contributed by atoms with E-state index in [4.69, 9.17) is 0 Å². The molecule has 0 bridgehead atoms. The molecule has 13 rings (SSSR count). The zero-order valence-electron chi connectivity index (χ0n) is 36.9. The van der Waals surface area contributed by atoms with Crippen LogP contribution in [0.1, 0.15) is 22.3 Å². The molecule has 1 aliphatic rings. The minimum Gasteiger partial charge on any atom is -0.0622 e. The fourth-order valence-electron chi connectivity index (χ4n) is 11.3. The van der Waals surface area contributed by atoms with Gasteiger partial charge in [-0.05, 0) is 158 Å². The highest BCUT2D eigenvalue weighted by atomic mass is 14.5. The van der Waals surface area contributed by atoms with Crippen LogP contribution in [-0.2, 0) is 5.41 Å². The summed E-state index contributed by atoms with van der Waals surface area (Å²) in [5.41, 5.74) is 19.2. The van der Waals surface area contributed by atoms with Crippen LogP contribution in [0.25, 0.3) is 99.1 Å². The van der Waals surface area contributed by atoms with E-state index in [0.29, 0.717) is 0 Å². The van der Waals surface area contributed by atoms with Crippen molar-refractivity contribution >= 4 is 32.3 Å². The Bertz CT molecular complexity index is 3730. The van der Waals surface area contributed by atoms with E-state index >= 15 is 0 Å². The summed E-state index contributed by atoms with van der Waals surface area (Å²) < 4.78 is 0. The first-order chi connectivity index (χ1) is 33.2. The summed E-state index contributed by atoms with van der Waals surface area (Å²) in [6.07, 6.45) is 0. The molecule has 0 amide bonds. The lowest BCUT2D eigenvalue weighted by atomic mass is 9.67. The first-order valence-electron chi connectivity index (χ1n) is 23.3. The molecular formula is C67H44. The van der Waals surface area contributed by atoms with Crippen LogP contribution in [-0.4, -0.2) is 0 Å². The molecular weight excluding hydrogens is 805 g/mol. The Labute approximate surface area is 391 Å². The van der Waals surface area contributed by atoms with E-state index in [1.165, 1.54) is 121 Å². The maximum Gasteiger partial charge on any atom is 0.0714 e. The number of rotatable bonds is 7. The molecule has 0 aromatic heterocycles. The average molecular weight is 849 g/mol. The van der Waals surface area contributed by atoms with E-state index < -0.39 is 5.41 Å². The lowest BCUT2D eigenvalue weighted by molar-refractivity contribution is 0.769. The quantitative estimate of drug-likeness (QED) is 0.150. The zero-order chi connectivity index (χ0) is 44.3. The highest BCUT2D eigenvalue weighted by Gasteiger charge is 2.47. The van der Waals surface area contributed by atoms with Crippen LogP contribution in [0.4, 0.5) is 0 Å². The van der Waals surface area contributed by atoms with E-state index in [1.54, 1.807) is 0 Å². The van der Waals surface area contributed by atoms with Gasteiger partial charge >= 0.3 is 0 Å². The van der Waals surface area contributed by atoms with Gasteiger partial charge in [0.2, 0.25) is 0 Å². The highest BCUT2D eigenvalue weighted by Crippen LogP contribution is 2.60. The number of hydrogen-bond donors (Lipinski definition) is 0. The normalized spacial score (nSPS) is 12.6. The van der Waals surface area contributed by atoms with Crippen molar-refractivity contribution in [3.05, 3.63) is 289 Å². The SMILES string of the molecule is c1ccc(-c2cc(-c3ccccc3)cc(-c3cc4c(c5ccccc35)-c3ccc(-c5ccc(-c6ccc7ccccc7c6)c6ccccc56)cc3C4(c3ccccc3)c3ccccc3)c2)cc1. The van der Waals surface area contributed by atoms with Crippen LogP contribution in [0, 0.1) is 0 Å². The fourth-order valence-corrected chi connectivity index (χ4v) is 11.3. The lowest BCUT2D eigenvalue weighted by Crippen LogP contribution is -2.28. The molecule has 0 radical (unpaired) electrons. The first-order valence-corrected chi connectivity index (χ1v) is 23.3. The molecule has 0 unspecified atom stereocenters. The van der Waals surface area contributed by atoms with E-state index in [9.17, 15) is 0 Å². The van der Waals surface area contributed by atoms with Crippen molar-refractivity contribution in [2.24, 2.45) is 0 Å². The Kier molecular flexibility index (Phi) is 9.18. The molecule has 0 N–H and O–H groups in total. The number of fused-ring (bicyclic) bond motifs is 7. The van der Waals surface area contributed by atoms with Crippen molar-refractivity contribution in [2.75, 3.05) is 0 Å². The standard InChI is InChI=1S/C67H44/c1-5-19-45(20-6-1)51-40-52(46-21-7-2-8-22-46)42-53(41-51)63-44-65-66(61-32-18-17-31-60(61)63)62-36-35-50(43-64(62)67(65,54-25-9-3-10-26-54)55-27-11-4-12-28-55)57-38-37-56(58-29-15-16-30-59(57)58)49-34-33-47-23-13-14-24-48(47)39-49/h1-44H. The van der Waals surface area contributed by atoms with Crippen LogP contribution in [0.2, 0.25) is 0 Å². The van der Waals surface area contributed by atoms with Gasteiger partial charge in [0, 0.05) is 0 Å². The second-order valence-corrected chi connectivity index (χ2v) is 17.9. The van der Waals surface area contributed by atoms with Gasteiger partial charge in [-0.25, -0.2) is 0 Å². The molecule has 0 fully saturated rings. The molecule has 0 saturated carbocycles. The average Bonchev–Trinajstić information content (AvgIpc) is 3.71. The molecule has 67 heavy (non-hydrogen) atoms. The Hall–Kier alpha value is -8.58. The van der Waals surface area contributed by atoms with Crippen molar-refractivity contribution in [2.45, 2.75) is 5.41 Å². The van der Waals surface area contributed by atoms with Gasteiger partial charge in [-0.2, -0.15) is 0 Å². The summed E-state index contributed by atoms with van der Waals surface area (Å²) in [7, 11) is 0. The number of hydrogen-bond acceptors (Lipinski definition) is 0. The van der Waals surface area contributed by atoms with E-state index in [-0.39, 0.29) is 0 Å². The molecule has 0 saturated heterocycles. The summed E-state index contributed by atoms with van der Waals surface area (Å²) in [6, 6.07) is 99.2. The Balaban J connectivity index is 1.08. The van der Waals surface area contributed by atoms with Gasteiger partial charge in [0.15, 0.2) is 0 Å². The lowest BCUT2D eigenvalue weighted by Gasteiger charge is -2.34. The Morgan fingerprint density at radius 3 is 1.22 bits per heavy atom. The monoisotopic (exact) mass is 848 g/mol. The van der Waals surface area contributed by atoms with Crippen molar-refractivity contribution < 1.29 is 0 Å². The summed E-state index contributed by atoms with van der Waals surface area (Å²) in [6.45, 7) is 0. The maximum absolute atomic E-state index is 2.55. The third kappa shape index (κ3) is 6.29. The molecule has 0 heteroatoms. The van der Waals surface area contributed by atoms with Gasteiger partial charge < -0.3 is 0 Å². The van der Waals surface area contributed by atoms with Crippen molar-refractivity contribution in [3.63, 3.8) is 0 Å². The van der Waals surface area contributed by atoms with Crippen LogP contribution < -0.4 is 0 Å². The summed E-state index contributed by atoms with van der Waals surface area (Å²) in [5.74, 6) is 0. The van der Waals surface area contributed by atoms with Gasteiger partial charge in [0.05, 0.1) is 5.41 Å². The van der Waals surface area contributed by atoms with E-state index in [2.05, 4.69) is 267 Å². The summed E-state index contributed by atoms with van der Waals surface area (Å²) in [5, 5.41) is 7.50. The molecule has 0 atom stereocenters. The van der Waals surface area contributed by atoms with Crippen LogP contribution in [0.15, 0.2) is 267 Å². The van der Waals surface area contributed by atoms with Crippen molar-refractivity contribution in [1.82, 2.24) is 0 Å². The maximum atomic E-state index is 2.55. The molecule has 1 aliphatic carbocycles. The van der Waals surface area contributed by atoms with Crippen molar-refractivity contribution in [3.8, 4) is 66.8 Å². The highest BCUT2D eigenvalue weighted by molar-refractivity contribution is 6.12. The van der Waals surface area contributed by atoms with Crippen LogP contribution in [0.3, 0.4) is 0 Å². The van der Waals surface area contributed by atoms with E-state index in [0.717, 1.165) is 0 Å². The topological polar surface area (TPSA) is 0 Å². The Morgan fingerprint density at radius 2 is 0.642 bits per heavy atom. The van der Waals surface area contributed by atoms with Crippen LogP contribution >= 0.6 is 0 Å².